The molecule has 20 heavy (non-hydrogen) atoms. The molecule has 0 aliphatic heterocycles. The van der Waals surface area contributed by atoms with Crippen molar-refractivity contribution in [3.8, 4) is 0 Å². The number of aliphatic hydroxyl groups excluding tert-OH is 1. The molecule has 106 valence electrons. The van der Waals surface area contributed by atoms with Crippen molar-refractivity contribution in [3.63, 3.8) is 0 Å². The summed E-state index contributed by atoms with van der Waals surface area (Å²) < 4.78 is 27.7. The van der Waals surface area contributed by atoms with Crippen LogP contribution in [-0.4, -0.2) is 20.1 Å². The highest BCUT2D eigenvalue weighted by atomic mass is 79.9. The van der Waals surface area contributed by atoms with Crippen LogP contribution in [0.3, 0.4) is 0 Å². The van der Waals surface area contributed by atoms with Gasteiger partial charge in [-0.2, -0.15) is 0 Å². The van der Waals surface area contributed by atoms with Crippen LogP contribution in [0.2, 0.25) is 0 Å². The molecule has 2 aromatic carbocycles. The Kier molecular flexibility index (Phi) is 4.80. The van der Waals surface area contributed by atoms with Gasteiger partial charge in [-0.15, -0.1) is 0 Å². The van der Waals surface area contributed by atoms with Crippen molar-refractivity contribution in [2.75, 3.05) is 11.3 Å². The SMILES string of the molecule is O=S(=O)(Nc1ccc(CCO)cc1)c1ccc(Br)cc1. The molecular weight excluding hydrogens is 342 g/mol. The summed E-state index contributed by atoms with van der Waals surface area (Å²) >= 11 is 3.27. The maximum absolute atomic E-state index is 12.2. The minimum absolute atomic E-state index is 0.0734. The number of nitrogens with one attached hydrogen (secondary N) is 1. The third kappa shape index (κ3) is 3.82. The van der Waals surface area contributed by atoms with Crippen LogP contribution in [0, 0.1) is 0 Å². The van der Waals surface area contributed by atoms with Gasteiger partial charge in [0.25, 0.3) is 10.0 Å². The number of halogens is 1. The van der Waals surface area contributed by atoms with E-state index >= 15 is 0 Å². The molecule has 2 rings (SSSR count). The van der Waals surface area contributed by atoms with E-state index in [-0.39, 0.29) is 11.5 Å². The summed E-state index contributed by atoms with van der Waals surface area (Å²) in [5, 5.41) is 8.83. The maximum atomic E-state index is 12.2. The van der Waals surface area contributed by atoms with E-state index in [1.165, 1.54) is 12.1 Å². The molecule has 2 aromatic rings. The molecule has 0 saturated heterocycles. The lowest BCUT2D eigenvalue weighted by Gasteiger charge is -2.08. The first-order chi connectivity index (χ1) is 9.51. The van der Waals surface area contributed by atoms with Gasteiger partial charge < -0.3 is 5.11 Å². The van der Waals surface area contributed by atoms with Gasteiger partial charge in [0.15, 0.2) is 0 Å². The molecule has 2 N–H and O–H groups in total. The normalized spacial score (nSPS) is 11.3. The third-order valence-electron chi connectivity index (χ3n) is 2.73. The quantitative estimate of drug-likeness (QED) is 0.866. The van der Waals surface area contributed by atoms with Crippen molar-refractivity contribution < 1.29 is 13.5 Å². The van der Waals surface area contributed by atoms with Gasteiger partial charge in [-0.05, 0) is 48.4 Å². The second kappa shape index (κ2) is 6.39. The first kappa shape index (κ1) is 15.0. The first-order valence-corrected chi connectivity index (χ1v) is 8.27. The lowest BCUT2D eigenvalue weighted by molar-refractivity contribution is 0.299. The largest absolute Gasteiger partial charge is 0.396 e. The van der Waals surface area contributed by atoms with Gasteiger partial charge in [-0.3, -0.25) is 4.72 Å². The Hall–Kier alpha value is -1.37. The summed E-state index contributed by atoms with van der Waals surface area (Å²) in [5.74, 6) is 0. The summed E-state index contributed by atoms with van der Waals surface area (Å²) in [5.41, 5.74) is 1.45. The van der Waals surface area contributed by atoms with E-state index in [0.29, 0.717) is 12.1 Å². The van der Waals surface area contributed by atoms with Gasteiger partial charge in [0, 0.05) is 16.8 Å². The van der Waals surface area contributed by atoms with Gasteiger partial charge in [0.2, 0.25) is 0 Å². The van der Waals surface area contributed by atoms with Crippen LogP contribution in [0.25, 0.3) is 0 Å². The van der Waals surface area contributed by atoms with Crippen molar-refractivity contribution >= 4 is 31.6 Å². The average Bonchev–Trinajstić information content (AvgIpc) is 2.41. The third-order valence-corrected chi connectivity index (χ3v) is 4.66. The number of hydrogen-bond acceptors (Lipinski definition) is 3. The Balaban J connectivity index is 2.17. The molecule has 0 aliphatic carbocycles. The highest BCUT2D eigenvalue weighted by Gasteiger charge is 2.13. The Morgan fingerprint density at radius 2 is 1.60 bits per heavy atom. The molecule has 0 amide bonds. The molecule has 0 bridgehead atoms. The van der Waals surface area contributed by atoms with Crippen molar-refractivity contribution in [1.29, 1.82) is 0 Å². The van der Waals surface area contributed by atoms with E-state index in [1.54, 1.807) is 36.4 Å². The van der Waals surface area contributed by atoms with E-state index < -0.39 is 10.0 Å². The van der Waals surface area contributed by atoms with Crippen molar-refractivity contribution in [3.05, 3.63) is 58.6 Å². The average molecular weight is 356 g/mol. The highest BCUT2D eigenvalue weighted by Crippen LogP contribution is 2.19. The van der Waals surface area contributed by atoms with Crippen molar-refractivity contribution in [2.45, 2.75) is 11.3 Å². The number of sulfonamides is 1. The minimum atomic E-state index is -3.58. The van der Waals surface area contributed by atoms with E-state index in [9.17, 15) is 8.42 Å². The number of anilines is 1. The molecule has 0 aromatic heterocycles. The Bertz CT molecular complexity index is 667. The number of hydrogen-bond donors (Lipinski definition) is 2. The zero-order valence-corrected chi connectivity index (χ0v) is 13.0. The Morgan fingerprint density at radius 3 is 2.15 bits per heavy atom. The molecule has 0 saturated carbocycles. The summed E-state index contributed by atoms with van der Waals surface area (Å²) in [6.07, 6.45) is 0.555. The maximum Gasteiger partial charge on any atom is 0.261 e. The van der Waals surface area contributed by atoms with Gasteiger partial charge in [0.05, 0.1) is 4.90 Å². The molecule has 0 atom stereocenters. The summed E-state index contributed by atoms with van der Waals surface area (Å²) in [7, 11) is -3.58. The second-order valence-electron chi connectivity index (χ2n) is 4.23. The van der Waals surface area contributed by atoms with E-state index in [0.717, 1.165) is 10.0 Å². The fourth-order valence-corrected chi connectivity index (χ4v) is 3.02. The predicted molar refractivity (Wildman–Crippen MR) is 82.2 cm³/mol. The zero-order valence-electron chi connectivity index (χ0n) is 10.6. The number of rotatable bonds is 5. The minimum Gasteiger partial charge on any atom is -0.396 e. The smallest absolute Gasteiger partial charge is 0.261 e. The predicted octanol–water partition coefficient (Wildman–Crippen LogP) is 2.78. The molecule has 6 heteroatoms. The van der Waals surface area contributed by atoms with Crippen LogP contribution in [0.1, 0.15) is 5.56 Å². The summed E-state index contributed by atoms with van der Waals surface area (Å²) in [6.45, 7) is 0.0734. The summed E-state index contributed by atoms with van der Waals surface area (Å²) in [4.78, 5) is 0.208. The molecule has 4 nitrogen and oxygen atoms in total. The fourth-order valence-electron chi connectivity index (χ4n) is 1.70. The van der Waals surface area contributed by atoms with Gasteiger partial charge >= 0.3 is 0 Å². The Labute approximate surface area is 126 Å². The standard InChI is InChI=1S/C14H14BrNO3S/c15-12-3-7-14(8-4-12)20(18,19)16-13-5-1-11(2-6-13)9-10-17/h1-8,16-17H,9-10H2. The zero-order chi connectivity index (χ0) is 14.6. The van der Waals surface area contributed by atoms with Crippen LogP contribution in [0.4, 0.5) is 5.69 Å². The monoisotopic (exact) mass is 355 g/mol. The first-order valence-electron chi connectivity index (χ1n) is 5.99. The molecule has 0 fully saturated rings. The van der Waals surface area contributed by atoms with Gasteiger partial charge in [-0.1, -0.05) is 28.1 Å². The number of aliphatic hydroxyl groups is 1. The van der Waals surface area contributed by atoms with Crippen LogP contribution in [0.5, 0.6) is 0 Å². The topological polar surface area (TPSA) is 66.4 Å². The molecule has 0 radical (unpaired) electrons. The second-order valence-corrected chi connectivity index (χ2v) is 6.83. The van der Waals surface area contributed by atoms with Crippen LogP contribution in [0.15, 0.2) is 57.9 Å². The Morgan fingerprint density at radius 1 is 1.00 bits per heavy atom. The molecule has 0 spiro atoms. The fraction of sp³-hybridized carbons (Fsp3) is 0.143. The van der Waals surface area contributed by atoms with Crippen LogP contribution < -0.4 is 4.72 Å². The molecule has 0 unspecified atom stereocenters. The van der Waals surface area contributed by atoms with Crippen LogP contribution in [-0.2, 0) is 16.4 Å². The number of benzene rings is 2. The van der Waals surface area contributed by atoms with Gasteiger partial charge in [-0.25, -0.2) is 8.42 Å². The summed E-state index contributed by atoms with van der Waals surface area (Å²) in [6, 6.07) is 13.4. The lowest BCUT2D eigenvalue weighted by Crippen LogP contribution is -2.12. The van der Waals surface area contributed by atoms with Gasteiger partial charge in [0.1, 0.15) is 0 Å². The molecule has 0 heterocycles. The highest BCUT2D eigenvalue weighted by molar-refractivity contribution is 9.10. The lowest BCUT2D eigenvalue weighted by atomic mass is 10.1. The van der Waals surface area contributed by atoms with Crippen molar-refractivity contribution in [2.24, 2.45) is 0 Å². The van der Waals surface area contributed by atoms with E-state index in [4.69, 9.17) is 5.11 Å². The molecular formula is C14H14BrNO3S. The van der Waals surface area contributed by atoms with E-state index in [1.807, 2.05) is 0 Å². The van der Waals surface area contributed by atoms with Crippen LogP contribution >= 0.6 is 15.9 Å². The van der Waals surface area contributed by atoms with E-state index in [2.05, 4.69) is 20.7 Å². The molecule has 0 aliphatic rings. The van der Waals surface area contributed by atoms with Crippen molar-refractivity contribution in [1.82, 2.24) is 0 Å².